The van der Waals surface area contributed by atoms with Crippen molar-refractivity contribution in [2.45, 2.75) is 19.8 Å². The highest BCUT2D eigenvalue weighted by Gasteiger charge is 2.15. The molecule has 0 saturated heterocycles. The summed E-state index contributed by atoms with van der Waals surface area (Å²) >= 11 is 2.20. The Kier molecular flexibility index (Phi) is 6.11. The molecular formula is C13H16INO3. The molecular weight excluding hydrogens is 345 g/mol. The summed E-state index contributed by atoms with van der Waals surface area (Å²) in [5.41, 5.74) is 0.909. The van der Waals surface area contributed by atoms with Crippen molar-refractivity contribution in [1.29, 1.82) is 0 Å². The van der Waals surface area contributed by atoms with Crippen LogP contribution in [0.1, 0.15) is 18.9 Å². The van der Waals surface area contributed by atoms with Crippen molar-refractivity contribution in [2.75, 3.05) is 13.1 Å². The molecule has 0 aromatic heterocycles. The summed E-state index contributed by atoms with van der Waals surface area (Å²) in [5.74, 6) is -1.11. The van der Waals surface area contributed by atoms with Gasteiger partial charge in [0.1, 0.15) is 6.54 Å². The summed E-state index contributed by atoms with van der Waals surface area (Å²) < 4.78 is 1.11. The molecule has 0 saturated carbocycles. The molecule has 4 nitrogen and oxygen atoms in total. The summed E-state index contributed by atoms with van der Waals surface area (Å²) in [6.07, 6.45) is 1.01. The molecule has 0 aliphatic heterocycles. The number of benzene rings is 1. The first kappa shape index (κ1) is 14.9. The molecule has 18 heavy (non-hydrogen) atoms. The SMILES string of the molecule is CCCN(CC(=O)O)C(=O)Cc1ccc(I)cc1. The Balaban J connectivity index is 2.65. The Morgan fingerprint density at radius 3 is 2.39 bits per heavy atom. The van der Waals surface area contributed by atoms with Gasteiger partial charge in [0, 0.05) is 10.1 Å². The maximum atomic E-state index is 12.0. The zero-order valence-corrected chi connectivity index (χ0v) is 12.4. The van der Waals surface area contributed by atoms with Gasteiger partial charge in [0.05, 0.1) is 6.42 Å². The summed E-state index contributed by atoms with van der Waals surface area (Å²) in [6, 6.07) is 7.66. The number of carbonyl (C=O) groups is 2. The van der Waals surface area contributed by atoms with E-state index in [1.165, 1.54) is 4.90 Å². The highest BCUT2D eigenvalue weighted by Crippen LogP contribution is 2.08. The van der Waals surface area contributed by atoms with Crippen molar-refractivity contribution >= 4 is 34.5 Å². The minimum atomic E-state index is -0.973. The van der Waals surface area contributed by atoms with Crippen LogP contribution in [0.4, 0.5) is 0 Å². The molecule has 0 aliphatic carbocycles. The molecule has 0 spiro atoms. The van der Waals surface area contributed by atoms with Gasteiger partial charge in [0.25, 0.3) is 0 Å². The lowest BCUT2D eigenvalue weighted by Crippen LogP contribution is -2.37. The normalized spacial score (nSPS) is 10.1. The third-order valence-electron chi connectivity index (χ3n) is 2.44. The van der Waals surface area contributed by atoms with Gasteiger partial charge in [-0.05, 0) is 46.7 Å². The van der Waals surface area contributed by atoms with E-state index in [1.54, 1.807) is 0 Å². The van der Waals surface area contributed by atoms with Gasteiger partial charge in [-0.3, -0.25) is 9.59 Å². The smallest absolute Gasteiger partial charge is 0.323 e. The van der Waals surface area contributed by atoms with Crippen LogP contribution in [0.15, 0.2) is 24.3 Å². The van der Waals surface area contributed by atoms with E-state index in [1.807, 2.05) is 31.2 Å². The number of carboxylic acid groups (broad SMARTS) is 1. The molecule has 0 radical (unpaired) electrons. The van der Waals surface area contributed by atoms with E-state index in [0.717, 1.165) is 15.6 Å². The Bertz CT molecular complexity index is 417. The number of carboxylic acids is 1. The van der Waals surface area contributed by atoms with Crippen LogP contribution in [-0.4, -0.2) is 35.0 Å². The lowest BCUT2D eigenvalue weighted by atomic mass is 10.1. The van der Waals surface area contributed by atoms with E-state index in [4.69, 9.17) is 5.11 Å². The first-order valence-corrected chi connectivity index (χ1v) is 6.84. The van der Waals surface area contributed by atoms with Crippen LogP contribution in [0.2, 0.25) is 0 Å². The van der Waals surface area contributed by atoms with Crippen molar-refractivity contribution in [3.63, 3.8) is 0 Å². The fourth-order valence-corrected chi connectivity index (χ4v) is 1.97. The zero-order chi connectivity index (χ0) is 13.5. The third kappa shape index (κ3) is 5.03. The van der Waals surface area contributed by atoms with Crippen LogP contribution >= 0.6 is 22.6 Å². The van der Waals surface area contributed by atoms with Gasteiger partial charge in [0.15, 0.2) is 0 Å². The number of carbonyl (C=O) groups excluding carboxylic acids is 1. The van der Waals surface area contributed by atoms with E-state index in [9.17, 15) is 9.59 Å². The molecule has 98 valence electrons. The summed E-state index contributed by atoms with van der Waals surface area (Å²) in [5, 5.41) is 8.77. The minimum absolute atomic E-state index is 0.138. The molecule has 1 rings (SSSR count). The van der Waals surface area contributed by atoms with Crippen molar-refractivity contribution in [3.8, 4) is 0 Å². The van der Waals surface area contributed by atoms with Gasteiger partial charge in [0.2, 0.25) is 5.91 Å². The van der Waals surface area contributed by atoms with Crippen LogP contribution < -0.4 is 0 Å². The van der Waals surface area contributed by atoms with Gasteiger partial charge < -0.3 is 10.0 Å². The first-order valence-electron chi connectivity index (χ1n) is 5.77. The molecule has 0 aliphatic rings. The number of amides is 1. The van der Waals surface area contributed by atoms with Crippen molar-refractivity contribution in [1.82, 2.24) is 4.90 Å². The van der Waals surface area contributed by atoms with Crippen molar-refractivity contribution < 1.29 is 14.7 Å². The maximum Gasteiger partial charge on any atom is 0.323 e. The van der Waals surface area contributed by atoms with Gasteiger partial charge in [-0.25, -0.2) is 0 Å². The Morgan fingerprint density at radius 2 is 1.89 bits per heavy atom. The minimum Gasteiger partial charge on any atom is -0.480 e. The highest BCUT2D eigenvalue weighted by atomic mass is 127. The molecule has 0 unspecified atom stereocenters. The fourth-order valence-electron chi connectivity index (χ4n) is 1.61. The lowest BCUT2D eigenvalue weighted by Gasteiger charge is -2.19. The maximum absolute atomic E-state index is 12.0. The van der Waals surface area contributed by atoms with Crippen LogP contribution in [0.3, 0.4) is 0 Å². The predicted octanol–water partition coefficient (Wildman–Crippen LogP) is 2.16. The van der Waals surface area contributed by atoms with Gasteiger partial charge in [-0.2, -0.15) is 0 Å². The number of nitrogens with zero attached hydrogens (tertiary/aromatic N) is 1. The van der Waals surface area contributed by atoms with E-state index >= 15 is 0 Å². The quantitative estimate of drug-likeness (QED) is 0.790. The van der Waals surface area contributed by atoms with Crippen molar-refractivity contribution in [2.24, 2.45) is 0 Å². The standard InChI is InChI=1S/C13H16INO3/c1-2-7-15(9-13(17)18)12(16)8-10-3-5-11(14)6-4-10/h3-6H,2,7-9H2,1H3,(H,17,18). The molecule has 1 amide bonds. The third-order valence-corrected chi connectivity index (χ3v) is 3.16. The van der Waals surface area contributed by atoms with Crippen LogP contribution in [-0.2, 0) is 16.0 Å². The summed E-state index contributed by atoms with van der Waals surface area (Å²) in [6.45, 7) is 2.18. The molecule has 1 aromatic carbocycles. The molecule has 0 atom stereocenters. The van der Waals surface area contributed by atoms with Crippen LogP contribution in [0.25, 0.3) is 0 Å². The first-order chi connectivity index (χ1) is 8.52. The van der Waals surface area contributed by atoms with E-state index in [0.29, 0.717) is 6.54 Å². The van der Waals surface area contributed by atoms with E-state index in [-0.39, 0.29) is 18.9 Å². The second-order valence-corrected chi connectivity index (χ2v) is 5.26. The zero-order valence-electron chi connectivity index (χ0n) is 10.2. The summed E-state index contributed by atoms with van der Waals surface area (Å²) in [4.78, 5) is 24.1. The fraction of sp³-hybridized carbons (Fsp3) is 0.385. The molecule has 0 bridgehead atoms. The van der Waals surface area contributed by atoms with Crippen LogP contribution in [0, 0.1) is 3.57 Å². The Morgan fingerprint density at radius 1 is 1.28 bits per heavy atom. The predicted molar refractivity (Wildman–Crippen MR) is 77.4 cm³/mol. The number of hydrogen-bond acceptors (Lipinski definition) is 2. The largest absolute Gasteiger partial charge is 0.480 e. The van der Waals surface area contributed by atoms with Gasteiger partial charge in [-0.1, -0.05) is 19.1 Å². The van der Waals surface area contributed by atoms with Crippen LogP contribution in [0.5, 0.6) is 0 Å². The number of aliphatic carboxylic acids is 1. The average Bonchev–Trinajstić information content (AvgIpc) is 2.31. The van der Waals surface area contributed by atoms with Crippen molar-refractivity contribution in [3.05, 3.63) is 33.4 Å². The lowest BCUT2D eigenvalue weighted by molar-refractivity contribution is -0.144. The highest BCUT2D eigenvalue weighted by molar-refractivity contribution is 14.1. The topological polar surface area (TPSA) is 57.6 Å². The summed E-state index contributed by atoms with van der Waals surface area (Å²) in [7, 11) is 0. The Labute approximate surface area is 120 Å². The molecule has 0 fully saturated rings. The van der Waals surface area contributed by atoms with E-state index < -0.39 is 5.97 Å². The second-order valence-electron chi connectivity index (χ2n) is 4.01. The Hall–Kier alpha value is -1.11. The number of rotatable bonds is 6. The molecule has 5 heteroatoms. The number of hydrogen-bond donors (Lipinski definition) is 1. The monoisotopic (exact) mass is 361 g/mol. The second kappa shape index (κ2) is 7.35. The van der Waals surface area contributed by atoms with E-state index in [2.05, 4.69) is 22.6 Å². The van der Waals surface area contributed by atoms with Gasteiger partial charge >= 0.3 is 5.97 Å². The average molecular weight is 361 g/mol. The van der Waals surface area contributed by atoms with Gasteiger partial charge in [-0.15, -0.1) is 0 Å². The molecule has 0 heterocycles. The number of halogens is 1. The molecule has 1 N–H and O–H groups in total. The molecule has 1 aromatic rings.